The second-order valence-electron chi connectivity index (χ2n) is 3.33. The molecule has 3 nitrogen and oxygen atoms in total. The Balaban J connectivity index is 2.23. The number of aromatic nitrogens is 3. The van der Waals surface area contributed by atoms with Crippen LogP contribution in [0.25, 0.3) is 11.0 Å². The average Bonchev–Trinajstić information content (AvgIpc) is 2.85. The summed E-state index contributed by atoms with van der Waals surface area (Å²) in [6, 6.07) is 2.16. The maximum absolute atomic E-state index is 4.15. The molecule has 0 atom stereocenters. The summed E-state index contributed by atoms with van der Waals surface area (Å²) in [6.45, 7) is 0. The topological polar surface area (TPSA) is 41.6 Å². The van der Waals surface area contributed by atoms with Crippen LogP contribution in [0.5, 0.6) is 0 Å². The van der Waals surface area contributed by atoms with Crippen LogP contribution in [0.3, 0.4) is 0 Å². The number of hydrogen-bond donors (Lipinski definition) is 1. The van der Waals surface area contributed by atoms with Crippen molar-refractivity contribution in [1.29, 1.82) is 0 Å². The quantitative estimate of drug-likeness (QED) is 0.689. The Morgan fingerprint density at radius 3 is 3.08 bits per heavy atom. The van der Waals surface area contributed by atoms with Gasteiger partial charge in [-0.25, -0.2) is 9.97 Å². The van der Waals surface area contributed by atoms with Gasteiger partial charge in [-0.1, -0.05) is 0 Å². The monoisotopic (exact) mass is 159 g/mol. The first-order chi connectivity index (χ1) is 5.93. The molecule has 0 aliphatic heterocycles. The summed E-state index contributed by atoms with van der Waals surface area (Å²) in [7, 11) is 0. The Morgan fingerprint density at radius 2 is 2.33 bits per heavy atom. The van der Waals surface area contributed by atoms with Crippen LogP contribution in [-0.2, 0) is 0 Å². The first-order valence-corrected chi connectivity index (χ1v) is 4.22. The Labute approximate surface area is 69.9 Å². The van der Waals surface area contributed by atoms with E-state index in [0.29, 0.717) is 0 Å². The number of fused-ring (bicyclic) bond motifs is 1. The van der Waals surface area contributed by atoms with Crippen molar-refractivity contribution in [1.82, 2.24) is 15.0 Å². The molecule has 3 rings (SSSR count). The van der Waals surface area contributed by atoms with Gasteiger partial charge in [0.15, 0.2) is 0 Å². The van der Waals surface area contributed by atoms with Gasteiger partial charge in [-0.15, -0.1) is 0 Å². The highest BCUT2D eigenvalue weighted by molar-refractivity contribution is 5.75. The highest BCUT2D eigenvalue weighted by Gasteiger charge is 2.25. The highest BCUT2D eigenvalue weighted by Crippen LogP contribution is 2.40. The molecule has 1 fully saturated rings. The molecule has 2 aromatic heterocycles. The van der Waals surface area contributed by atoms with E-state index < -0.39 is 0 Å². The van der Waals surface area contributed by atoms with Crippen LogP contribution in [0, 0.1) is 0 Å². The lowest BCUT2D eigenvalue weighted by atomic mass is 10.3. The number of hydrogen-bond acceptors (Lipinski definition) is 2. The molecule has 0 bridgehead atoms. The minimum atomic E-state index is 0.763. The molecule has 0 radical (unpaired) electrons. The van der Waals surface area contributed by atoms with E-state index in [1.54, 1.807) is 6.33 Å². The Kier molecular flexibility index (Phi) is 1.06. The van der Waals surface area contributed by atoms with Gasteiger partial charge in [0, 0.05) is 17.3 Å². The number of H-pyrrole nitrogens is 1. The minimum Gasteiger partial charge on any atom is -0.343 e. The molecule has 2 aromatic rings. The van der Waals surface area contributed by atoms with Crippen LogP contribution in [0.4, 0.5) is 0 Å². The molecule has 12 heavy (non-hydrogen) atoms. The van der Waals surface area contributed by atoms with Gasteiger partial charge in [-0.3, -0.25) is 0 Å². The van der Waals surface area contributed by atoms with E-state index in [0.717, 1.165) is 17.0 Å². The van der Waals surface area contributed by atoms with E-state index in [1.807, 2.05) is 6.20 Å². The highest BCUT2D eigenvalue weighted by atomic mass is 14.9. The summed E-state index contributed by atoms with van der Waals surface area (Å²) in [5, 5.41) is 1.12. The van der Waals surface area contributed by atoms with Crippen LogP contribution in [0.2, 0.25) is 0 Å². The van der Waals surface area contributed by atoms with Gasteiger partial charge >= 0.3 is 0 Å². The maximum Gasteiger partial charge on any atom is 0.140 e. The van der Waals surface area contributed by atoms with Crippen LogP contribution in [-0.4, -0.2) is 15.0 Å². The standard InChI is InChI=1S/C9H9N3/c1-2-6(1)8-3-7-4-10-5-11-9(7)12-8/h3-6H,1-2H2,(H,10,11,12). The SMILES string of the molecule is c1ncc2cc(C3CC3)[nH]c2n1. The third kappa shape index (κ3) is 0.826. The van der Waals surface area contributed by atoms with Gasteiger partial charge in [0.2, 0.25) is 0 Å². The van der Waals surface area contributed by atoms with Gasteiger partial charge in [0.25, 0.3) is 0 Å². The van der Waals surface area contributed by atoms with Crippen LogP contribution in [0.15, 0.2) is 18.6 Å². The van der Waals surface area contributed by atoms with E-state index in [4.69, 9.17) is 0 Å². The zero-order chi connectivity index (χ0) is 7.97. The van der Waals surface area contributed by atoms with E-state index in [9.17, 15) is 0 Å². The van der Waals surface area contributed by atoms with Gasteiger partial charge in [-0.05, 0) is 24.8 Å². The molecule has 1 saturated carbocycles. The van der Waals surface area contributed by atoms with E-state index in [1.165, 1.54) is 18.5 Å². The van der Waals surface area contributed by atoms with Gasteiger partial charge in [-0.2, -0.15) is 0 Å². The van der Waals surface area contributed by atoms with Crippen LogP contribution in [0.1, 0.15) is 24.5 Å². The normalized spacial score (nSPS) is 17.0. The summed E-state index contributed by atoms with van der Waals surface area (Å²) >= 11 is 0. The summed E-state index contributed by atoms with van der Waals surface area (Å²) < 4.78 is 0. The summed E-state index contributed by atoms with van der Waals surface area (Å²) in [5.41, 5.74) is 2.29. The molecule has 0 spiro atoms. The van der Waals surface area contributed by atoms with Gasteiger partial charge in [0.1, 0.15) is 12.0 Å². The molecule has 1 N–H and O–H groups in total. The largest absolute Gasteiger partial charge is 0.343 e. The fourth-order valence-electron chi connectivity index (χ4n) is 1.51. The molecule has 1 aliphatic rings. The smallest absolute Gasteiger partial charge is 0.140 e. The first kappa shape index (κ1) is 6.17. The second-order valence-corrected chi connectivity index (χ2v) is 3.33. The van der Waals surface area contributed by atoms with Crippen molar-refractivity contribution in [3.05, 3.63) is 24.3 Å². The van der Waals surface area contributed by atoms with Crippen molar-refractivity contribution in [2.24, 2.45) is 0 Å². The lowest BCUT2D eigenvalue weighted by Gasteiger charge is -1.86. The summed E-state index contributed by atoms with van der Waals surface area (Å²) in [6.07, 6.45) is 6.07. The van der Waals surface area contributed by atoms with Gasteiger partial charge < -0.3 is 4.98 Å². The summed E-state index contributed by atoms with van der Waals surface area (Å²) in [5.74, 6) is 0.763. The van der Waals surface area contributed by atoms with E-state index in [-0.39, 0.29) is 0 Å². The van der Waals surface area contributed by atoms with Crippen molar-refractivity contribution in [3.63, 3.8) is 0 Å². The minimum absolute atomic E-state index is 0.763. The first-order valence-electron chi connectivity index (χ1n) is 4.22. The van der Waals surface area contributed by atoms with E-state index >= 15 is 0 Å². The third-order valence-corrected chi connectivity index (χ3v) is 2.33. The fourth-order valence-corrected chi connectivity index (χ4v) is 1.51. The Bertz CT molecular complexity index is 381. The zero-order valence-electron chi connectivity index (χ0n) is 6.62. The molecule has 3 heteroatoms. The molecule has 0 saturated heterocycles. The van der Waals surface area contributed by atoms with E-state index in [2.05, 4.69) is 21.0 Å². The molecule has 60 valence electrons. The molecule has 1 aliphatic carbocycles. The predicted molar refractivity (Wildman–Crippen MR) is 45.9 cm³/mol. The van der Waals surface area contributed by atoms with Gasteiger partial charge in [0.05, 0.1) is 0 Å². The number of aromatic amines is 1. The molecule has 2 heterocycles. The predicted octanol–water partition coefficient (Wildman–Crippen LogP) is 1.84. The zero-order valence-corrected chi connectivity index (χ0v) is 6.62. The van der Waals surface area contributed by atoms with Crippen molar-refractivity contribution >= 4 is 11.0 Å². The van der Waals surface area contributed by atoms with Crippen molar-refractivity contribution in [2.45, 2.75) is 18.8 Å². The van der Waals surface area contributed by atoms with Crippen LogP contribution >= 0.6 is 0 Å². The fraction of sp³-hybridized carbons (Fsp3) is 0.333. The Morgan fingerprint density at radius 1 is 1.42 bits per heavy atom. The van der Waals surface area contributed by atoms with Crippen molar-refractivity contribution in [2.75, 3.05) is 0 Å². The molecule has 0 aromatic carbocycles. The second kappa shape index (κ2) is 2.06. The van der Waals surface area contributed by atoms with Crippen LogP contribution < -0.4 is 0 Å². The number of nitrogens with zero attached hydrogens (tertiary/aromatic N) is 2. The Hall–Kier alpha value is -1.38. The number of nitrogens with one attached hydrogen (secondary N) is 1. The van der Waals surface area contributed by atoms with Crippen molar-refractivity contribution in [3.8, 4) is 0 Å². The summed E-state index contributed by atoms with van der Waals surface area (Å²) in [4.78, 5) is 11.4. The third-order valence-electron chi connectivity index (χ3n) is 2.33. The lowest BCUT2D eigenvalue weighted by molar-refractivity contribution is 1.05. The number of rotatable bonds is 1. The molecular formula is C9H9N3. The van der Waals surface area contributed by atoms with Crippen molar-refractivity contribution < 1.29 is 0 Å². The lowest BCUT2D eigenvalue weighted by Crippen LogP contribution is -1.78. The molecular weight excluding hydrogens is 150 g/mol. The average molecular weight is 159 g/mol. The molecule has 0 unspecified atom stereocenters. The maximum atomic E-state index is 4.15. The molecule has 0 amide bonds.